The lowest BCUT2D eigenvalue weighted by atomic mass is 9.49. The van der Waals surface area contributed by atoms with Gasteiger partial charge in [0.2, 0.25) is 0 Å². The lowest BCUT2D eigenvalue weighted by Gasteiger charge is -2.57. The van der Waals surface area contributed by atoms with Crippen molar-refractivity contribution < 1.29 is 10.2 Å². The van der Waals surface area contributed by atoms with Crippen LogP contribution in [0.4, 0.5) is 0 Å². The van der Waals surface area contributed by atoms with Crippen LogP contribution in [-0.2, 0) is 0 Å². The molecule has 0 heterocycles. The SMILES string of the molecule is CC(C)(C1CCC(O)C2CCCCC21)C1CCC(O)C2CCCCC21. The molecule has 4 saturated carbocycles. The predicted molar refractivity (Wildman–Crippen MR) is 102 cm³/mol. The molecule has 0 bridgehead atoms. The summed E-state index contributed by atoms with van der Waals surface area (Å²) in [5.41, 5.74) is 0.362. The summed E-state index contributed by atoms with van der Waals surface area (Å²) in [5, 5.41) is 21.2. The van der Waals surface area contributed by atoms with Gasteiger partial charge in [-0.1, -0.05) is 39.5 Å². The van der Waals surface area contributed by atoms with Gasteiger partial charge in [0.15, 0.2) is 0 Å². The Kier molecular flexibility index (Phi) is 5.23. The zero-order valence-electron chi connectivity index (χ0n) is 16.5. The zero-order chi connectivity index (χ0) is 17.6. The van der Waals surface area contributed by atoms with Gasteiger partial charge in [-0.05, 0) is 92.3 Å². The molecule has 0 spiro atoms. The van der Waals surface area contributed by atoms with Crippen molar-refractivity contribution in [2.45, 2.75) is 103 Å². The Labute approximate surface area is 154 Å². The summed E-state index contributed by atoms with van der Waals surface area (Å²) in [4.78, 5) is 0. The molecule has 8 atom stereocenters. The summed E-state index contributed by atoms with van der Waals surface area (Å²) >= 11 is 0. The number of aliphatic hydroxyl groups is 2. The first-order valence-electron chi connectivity index (χ1n) is 11.4. The smallest absolute Gasteiger partial charge is 0.0571 e. The van der Waals surface area contributed by atoms with E-state index in [4.69, 9.17) is 0 Å². The highest BCUT2D eigenvalue weighted by molar-refractivity contribution is 5.02. The molecule has 4 rings (SSSR count). The van der Waals surface area contributed by atoms with Crippen LogP contribution in [0.3, 0.4) is 0 Å². The summed E-state index contributed by atoms with van der Waals surface area (Å²) in [6.45, 7) is 5.13. The molecule has 8 unspecified atom stereocenters. The van der Waals surface area contributed by atoms with Crippen LogP contribution in [0.5, 0.6) is 0 Å². The van der Waals surface area contributed by atoms with E-state index in [1.54, 1.807) is 0 Å². The van der Waals surface area contributed by atoms with Crippen molar-refractivity contribution in [3.8, 4) is 0 Å². The monoisotopic (exact) mass is 348 g/mol. The van der Waals surface area contributed by atoms with E-state index < -0.39 is 0 Å². The van der Waals surface area contributed by atoms with Crippen molar-refractivity contribution in [1.29, 1.82) is 0 Å². The number of rotatable bonds is 2. The number of hydrogen-bond acceptors (Lipinski definition) is 2. The van der Waals surface area contributed by atoms with Crippen molar-refractivity contribution in [3.05, 3.63) is 0 Å². The highest BCUT2D eigenvalue weighted by atomic mass is 16.3. The number of aliphatic hydroxyl groups excluding tert-OH is 2. The second kappa shape index (κ2) is 7.15. The second-order valence-corrected chi connectivity index (χ2v) is 10.5. The minimum Gasteiger partial charge on any atom is -0.393 e. The van der Waals surface area contributed by atoms with E-state index in [0.717, 1.165) is 36.5 Å². The number of hydrogen-bond donors (Lipinski definition) is 2. The third-order valence-corrected chi connectivity index (χ3v) is 9.23. The Morgan fingerprint density at radius 1 is 0.520 bits per heavy atom. The van der Waals surface area contributed by atoms with E-state index in [9.17, 15) is 10.2 Å². The minimum absolute atomic E-state index is 0.0343. The quantitative estimate of drug-likeness (QED) is 0.723. The van der Waals surface area contributed by atoms with E-state index in [0.29, 0.717) is 17.3 Å². The third kappa shape index (κ3) is 3.20. The molecule has 0 aromatic carbocycles. The van der Waals surface area contributed by atoms with Gasteiger partial charge in [-0.15, -0.1) is 0 Å². The van der Waals surface area contributed by atoms with E-state index >= 15 is 0 Å². The Morgan fingerprint density at radius 2 is 0.880 bits per heavy atom. The molecule has 2 N–H and O–H groups in total. The lowest BCUT2D eigenvalue weighted by molar-refractivity contribution is -0.113. The summed E-state index contributed by atoms with van der Waals surface area (Å²) in [6.07, 6.45) is 15.0. The standard InChI is InChI=1S/C23H40O2/c1-23(2,19-11-13-21(24)17-9-5-3-7-15(17)19)20-12-14-22(25)18-10-6-4-8-16(18)20/h15-22,24-25H,3-14H2,1-2H3. The molecular formula is C23H40O2. The van der Waals surface area contributed by atoms with Crippen molar-refractivity contribution >= 4 is 0 Å². The summed E-state index contributed by atoms with van der Waals surface area (Å²) in [6, 6.07) is 0. The highest BCUT2D eigenvalue weighted by Crippen LogP contribution is 2.58. The Hall–Kier alpha value is -0.0800. The summed E-state index contributed by atoms with van der Waals surface area (Å²) < 4.78 is 0. The fourth-order valence-electron chi connectivity index (χ4n) is 8.01. The minimum atomic E-state index is -0.0343. The van der Waals surface area contributed by atoms with E-state index in [1.165, 1.54) is 64.2 Å². The molecule has 0 radical (unpaired) electrons. The molecular weight excluding hydrogens is 308 g/mol. The maximum Gasteiger partial charge on any atom is 0.0571 e. The maximum atomic E-state index is 10.6. The first-order valence-corrected chi connectivity index (χ1v) is 11.4. The molecule has 2 nitrogen and oxygen atoms in total. The molecule has 144 valence electrons. The Bertz CT molecular complexity index is 419. The van der Waals surface area contributed by atoms with Crippen LogP contribution in [0, 0.1) is 40.9 Å². The molecule has 4 fully saturated rings. The van der Waals surface area contributed by atoms with Crippen LogP contribution in [0.2, 0.25) is 0 Å². The van der Waals surface area contributed by atoms with Crippen LogP contribution in [0.25, 0.3) is 0 Å². The first kappa shape index (κ1) is 18.3. The summed E-state index contributed by atoms with van der Waals surface area (Å²) in [7, 11) is 0. The highest BCUT2D eigenvalue weighted by Gasteiger charge is 2.52. The molecule has 0 aliphatic heterocycles. The van der Waals surface area contributed by atoms with Crippen molar-refractivity contribution in [1.82, 2.24) is 0 Å². The van der Waals surface area contributed by atoms with E-state index in [1.807, 2.05) is 0 Å². The van der Waals surface area contributed by atoms with Gasteiger partial charge in [-0.3, -0.25) is 0 Å². The summed E-state index contributed by atoms with van der Waals surface area (Å²) in [5.74, 6) is 4.21. The van der Waals surface area contributed by atoms with Crippen molar-refractivity contribution in [3.63, 3.8) is 0 Å². The second-order valence-electron chi connectivity index (χ2n) is 10.5. The van der Waals surface area contributed by atoms with Gasteiger partial charge in [-0.25, -0.2) is 0 Å². The molecule has 0 aromatic heterocycles. The van der Waals surface area contributed by atoms with Gasteiger partial charge < -0.3 is 10.2 Å². The largest absolute Gasteiger partial charge is 0.393 e. The van der Waals surface area contributed by atoms with Crippen molar-refractivity contribution in [2.75, 3.05) is 0 Å². The molecule has 25 heavy (non-hydrogen) atoms. The fourth-order valence-corrected chi connectivity index (χ4v) is 8.01. The topological polar surface area (TPSA) is 40.5 Å². The van der Waals surface area contributed by atoms with Crippen LogP contribution in [0.15, 0.2) is 0 Å². The van der Waals surface area contributed by atoms with Crippen LogP contribution in [0.1, 0.15) is 90.9 Å². The Morgan fingerprint density at radius 3 is 1.28 bits per heavy atom. The lowest BCUT2D eigenvalue weighted by Crippen LogP contribution is -2.52. The van der Waals surface area contributed by atoms with Crippen molar-refractivity contribution in [2.24, 2.45) is 40.9 Å². The fraction of sp³-hybridized carbons (Fsp3) is 1.00. The number of fused-ring (bicyclic) bond motifs is 2. The predicted octanol–water partition coefficient (Wildman–Crippen LogP) is 5.17. The van der Waals surface area contributed by atoms with Gasteiger partial charge in [-0.2, -0.15) is 0 Å². The van der Waals surface area contributed by atoms with Crippen LogP contribution >= 0.6 is 0 Å². The molecule has 0 amide bonds. The molecule has 0 aromatic rings. The first-order chi connectivity index (χ1) is 12.0. The average molecular weight is 349 g/mol. The molecule has 2 heteroatoms. The van der Waals surface area contributed by atoms with Crippen LogP contribution in [-0.4, -0.2) is 22.4 Å². The normalized spacial score (nSPS) is 48.5. The molecule has 4 aliphatic carbocycles. The zero-order valence-corrected chi connectivity index (χ0v) is 16.5. The van der Waals surface area contributed by atoms with E-state index in [-0.39, 0.29) is 12.2 Å². The van der Waals surface area contributed by atoms with Crippen LogP contribution < -0.4 is 0 Å². The van der Waals surface area contributed by atoms with Gasteiger partial charge in [0.05, 0.1) is 12.2 Å². The maximum absolute atomic E-state index is 10.6. The van der Waals surface area contributed by atoms with Gasteiger partial charge in [0.25, 0.3) is 0 Å². The third-order valence-electron chi connectivity index (χ3n) is 9.23. The Balaban J connectivity index is 1.57. The van der Waals surface area contributed by atoms with Gasteiger partial charge in [0.1, 0.15) is 0 Å². The molecule has 0 saturated heterocycles. The van der Waals surface area contributed by atoms with E-state index in [2.05, 4.69) is 13.8 Å². The molecule has 4 aliphatic rings. The van der Waals surface area contributed by atoms with Gasteiger partial charge in [0, 0.05) is 0 Å². The average Bonchev–Trinajstić information content (AvgIpc) is 2.62. The van der Waals surface area contributed by atoms with Gasteiger partial charge >= 0.3 is 0 Å².